The van der Waals surface area contributed by atoms with Crippen molar-refractivity contribution >= 4 is 22.9 Å². The van der Waals surface area contributed by atoms with Crippen LogP contribution >= 0.6 is 22.9 Å². The Hall–Kier alpha value is -0.830. The summed E-state index contributed by atoms with van der Waals surface area (Å²) >= 11 is 7.60. The second-order valence-corrected chi connectivity index (χ2v) is 4.77. The van der Waals surface area contributed by atoms with Gasteiger partial charge in [-0.2, -0.15) is 0 Å². The first-order valence-corrected chi connectivity index (χ1v) is 6.06. The number of hydrogen-bond donors (Lipinski definition) is 1. The van der Waals surface area contributed by atoms with Crippen LogP contribution in [0.1, 0.15) is 16.4 Å². The predicted octanol–water partition coefficient (Wildman–Crippen LogP) is 3.49. The van der Waals surface area contributed by atoms with E-state index < -0.39 is 0 Å². The average molecular weight is 238 g/mol. The molecule has 78 valence electrons. The molecule has 1 heterocycles. The Balaban J connectivity index is 2.31. The Morgan fingerprint density at radius 2 is 1.93 bits per heavy atom. The highest BCUT2D eigenvalue weighted by atomic mass is 35.5. The Morgan fingerprint density at radius 1 is 1.20 bits per heavy atom. The highest BCUT2D eigenvalue weighted by Gasteiger charge is 2.12. The van der Waals surface area contributed by atoms with Crippen LogP contribution in [0.4, 0.5) is 0 Å². The van der Waals surface area contributed by atoms with Gasteiger partial charge < -0.3 is 5.73 Å². The molecular weight excluding hydrogens is 226 g/mol. The van der Waals surface area contributed by atoms with E-state index in [0.717, 1.165) is 5.02 Å². The zero-order valence-electron chi connectivity index (χ0n) is 8.19. The second kappa shape index (κ2) is 4.79. The Kier molecular flexibility index (Phi) is 3.41. The van der Waals surface area contributed by atoms with Gasteiger partial charge in [-0.15, -0.1) is 11.3 Å². The third kappa shape index (κ3) is 2.40. The van der Waals surface area contributed by atoms with Crippen molar-refractivity contribution in [3.05, 3.63) is 57.2 Å². The van der Waals surface area contributed by atoms with Gasteiger partial charge in [0.15, 0.2) is 0 Å². The summed E-state index contributed by atoms with van der Waals surface area (Å²) < 4.78 is 0. The van der Waals surface area contributed by atoms with Crippen molar-refractivity contribution in [3.63, 3.8) is 0 Å². The van der Waals surface area contributed by atoms with E-state index >= 15 is 0 Å². The van der Waals surface area contributed by atoms with Gasteiger partial charge in [0.05, 0.1) is 0 Å². The fraction of sp³-hybridized carbons (Fsp3) is 0.167. The first kappa shape index (κ1) is 10.7. The molecule has 2 rings (SSSR count). The van der Waals surface area contributed by atoms with Crippen LogP contribution < -0.4 is 5.73 Å². The third-order valence-electron chi connectivity index (χ3n) is 2.39. The molecule has 0 aliphatic rings. The molecule has 0 saturated heterocycles. The van der Waals surface area contributed by atoms with E-state index in [-0.39, 0.29) is 0 Å². The molecule has 1 unspecified atom stereocenters. The van der Waals surface area contributed by atoms with Crippen LogP contribution in [0.25, 0.3) is 0 Å². The lowest BCUT2D eigenvalue weighted by molar-refractivity contribution is 0.836. The quantitative estimate of drug-likeness (QED) is 0.869. The molecule has 15 heavy (non-hydrogen) atoms. The summed E-state index contributed by atoms with van der Waals surface area (Å²) in [4.78, 5) is 1.31. The molecule has 3 heteroatoms. The molecule has 0 amide bonds. The molecule has 0 radical (unpaired) electrons. The summed E-state index contributed by atoms with van der Waals surface area (Å²) in [6.45, 7) is 0.627. The minimum Gasteiger partial charge on any atom is -0.329 e. The van der Waals surface area contributed by atoms with E-state index in [2.05, 4.69) is 17.5 Å². The van der Waals surface area contributed by atoms with E-state index in [1.807, 2.05) is 24.3 Å². The topological polar surface area (TPSA) is 26.0 Å². The monoisotopic (exact) mass is 237 g/mol. The molecule has 0 saturated carbocycles. The number of hydrogen-bond acceptors (Lipinski definition) is 2. The minimum atomic E-state index is 0.294. The van der Waals surface area contributed by atoms with Gasteiger partial charge in [0.2, 0.25) is 0 Å². The number of nitrogens with two attached hydrogens (primary N) is 1. The smallest absolute Gasteiger partial charge is 0.0406 e. The van der Waals surface area contributed by atoms with E-state index in [1.165, 1.54) is 10.4 Å². The van der Waals surface area contributed by atoms with Crippen LogP contribution in [-0.4, -0.2) is 6.54 Å². The summed E-state index contributed by atoms with van der Waals surface area (Å²) in [5.41, 5.74) is 7.03. The van der Waals surface area contributed by atoms with Crippen molar-refractivity contribution < 1.29 is 0 Å². The summed E-state index contributed by atoms with van der Waals surface area (Å²) in [5.74, 6) is 0.294. The molecule has 1 aromatic carbocycles. The van der Waals surface area contributed by atoms with E-state index in [1.54, 1.807) is 11.3 Å². The van der Waals surface area contributed by atoms with E-state index in [4.69, 9.17) is 17.3 Å². The van der Waals surface area contributed by atoms with Gasteiger partial charge >= 0.3 is 0 Å². The molecule has 0 aliphatic carbocycles. The van der Waals surface area contributed by atoms with Gasteiger partial charge in [-0.1, -0.05) is 29.8 Å². The van der Waals surface area contributed by atoms with Crippen LogP contribution in [-0.2, 0) is 0 Å². The maximum atomic E-state index is 5.86. The van der Waals surface area contributed by atoms with Crippen LogP contribution in [0.15, 0.2) is 41.8 Å². The number of rotatable bonds is 3. The highest BCUT2D eigenvalue weighted by molar-refractivity contribution is 7.10. The summed E-state index contributed by atoms with van der Waals surface area (Å²) in [6, 6.07) is 12.1. The van der Waals surface area contributed by atoms with Crippen molar-refractivity contribution in [1.82, 2.24) is 0 Å². The maximum Gasteiger partial charge on any atom is 0.0406 e. The van der Waals surface area contributed by atoms with Gasteiger partial charge in [-0.25, -0.2) is 0 Å². The molecule has 1 nitrogen and oxygen atoms in total. The molecule has 1 aromatic heterocycles. The fourth-order valence-electron chi connectivity index (χ4n) is 1.60. The van der Waals surface area contributed by atoms with Crippen molar-refractivity contribution in [2.45, 2.75) is 5.92 Å². The summed E-state index contributed by atoms with van der Waals surface area (Å²) in [5, 5.41) is 2.84. The molecule has 2 N–H and O–H groups in total. The largest absolute Gasteiger partial charge is 0.329 e. The number of halogens is 1. The Bertz CT molecular complexity index is 408. The van der Waals surface area contributed by atoms with E-state index in [9.17, 15) is 0 Å². The average Bonchev–Trinajstić information content (AvgIpc) is 2.75. The molecule has 0 fully saturated rings. The molecular formula is C12H12ClNS. The normalized spacial score (nSPS) is 12.7. The molecule has 1 atom stereocenters. The highest BCUT2D eigenvalue weighted by Crippen LogP contribution is 2.27. The molecule has 0 spiro atoms. The third-order valence-corrected chi connectivity index (χ3v) is 3.63. The molecule has 0 aliphatic heterocycles. The minimum absolute atomic E-state index is 0.294. The van der Waals surface area contributed by atoms with Gasteiger partial charge in [0, 0.05) is 22.4 Å². The summed E-state index contributed by atoms with van der Waals surface area (Å²) in [6.07, 6.45) is 0. The van der Waals surface area contributed by atoms with Crippen LogP contribution in [0.3, 0.4) is 0 Å². The second-order valence-electron chi connectivity index (χ2n) is 3.36. The Morgan fingerprint density at radius 3 is 2.47 bits per heavy atom. The zero-order chi connectivity index (χ0) is 10.7. The zero-order valence-corrected chi connectivity index (χ0v) is 9.76. The van der Waals surface area contributed by atoms with Crippen molar-refractivity contribution in [3.8, 4) is 0 Å². The number of thiophene rings is 1. The lowest BCUT2D eigenvalue weighted by Crippen LogP contribution is -2.12. The van der Waals surface area contributed by atoms with Crippen molar-refractivity contribution in [1.29, 1.82) is 0 Å². The maximum absolute atomic E-state index is 5.86. The van der Waals surface area contributed by atoms with Crippen molar-refractivity contribution in [2.75, 3.05) is 6.54 Å². The number of benzene rings is 1. The van der Waals surface area contributed by atoms with Gasteiger partial charge in [0.25, 0.3) is 0 Å². The van der Waals surface area contributed by atoms with Crippen LogP contribution in [0.5, 0.6) is 0 Å². The molecule has 0 bridgehead atoms. The van der Waals surface area contributed by atoms with Crippen LogP contribution in [0.2, 0.25) is 5.02 Å². The van der Waals surface area contributed by atoms with E-state index in [0.29, 0.717) is 12.5 Å². The first-order chi connectivity index (χ1) is 7.31. The fourth-order valence-corrected chi connectivity index (χ4v) is 2.60. The van der Waals surface area contributed by atoms with Gasteiger partial charge in [0.1, 0.15) is 0 Å². The first-order valence-electron chi connectivity index (χ1n) is 4.80. The van der Waals surface area contributed by atoms with Gasteiger partial charge in [-0.3, -0.25) is 0 Å². The van der Waals surface area contributed by atoms with Gasteiger partial charge in [-0.05, 0) is 29.1 Å². The lowest BCUT2D eigenvalue weighted by atomic mass is 9.98. The standard InChI is InChI=1S/C12H12ClNS/c13-10-5-3-9(4-6-10)11(8-14)12-2-1-7-15-12/h1-7,11H,8,14H2. The predicted molar refractivity (Wildman–Crippen MR) is 66.7 cm³/mol. The Labute approximate surface area is 98.5 Å². The lowest BCUT2D eigenvalue weighted by Gasteiger charge is -2.13. The summed E-state index contributed by atoms with van der Waals surface area (Å²) in [7, 11) is 0. The SMILES string of the molecule is NCC(c1ccc(Cl)cc1)c1cccs1. The van der Waals surface area contributed by atoms with Crippen molar-refractivity contribution in [2.24, 2.45) is 5.73 Å². The molecule has 2 aromatic rings. The van der Waals surface area contributed by atoms with Crippen LogP contribution in [0, 0.1) is 0 Å².